The van der Waals surface area contributed by atoms with Gasteiger partial charge in [0.1, 0.15) is 6.61 Å². The fourth-order valence-corrected chi connectivity index (χ4v) is 2.71. The standard InChI is InChI=1S/C13H18Cl2N2O.ClH/c14-11-2-1-3-12(15)13(11)18-7-6-17-5-4-10(8-16)9-17;/h1-3,10H,4-9,16H2;1H. The molecule has 19 heavy (non-hydrogen) atoms. The minimum absolute atomic E-state index is 0. The van der Waals surface area contributed by atoms with E-state index < -0.39 is 0 Å². The van der Waals surface area contributed by atoms with Crippen molar-refractivity contribution in [3.63, 3.8) is 0 Å². The number of nitrogens with zero attached hydrogens (tertiary/aromatic N) is 1. The molecule has 6 heteroatoms. The quantitative estimate of drug-likeness (QED) is 0.904. The zero-order chi connectivity index (χ0) is 13.0. The molecule has 108 valence electrons. The van der Waals surface area contributed by atoms with Crippen LogP contribution in [0.2, 0.25) is 10.0 Å². The minimum Gasteiger partial charge on any atom is -0.489 e. The third kappa shape index (κ3) is 4.69. The Morgan fingerprint density at radius 2 is 2.00 bits per heavy atom. The zero-order valence-electron chi connectivity index (χ0n) is 10.6. The number of hydrogen-bond donors (Lipinski definition) is 1. The van der Waals surface area contributed by atoms with Crippen LogP contribution >= 0.6 is 35.6 Å². The number of likely N-dealkylation sites (tertiary alicyclic amines) is 1. The Bertz CT molecular complexity index is 383. The smallest absolute Gasteiger partial charge is 0.156 e. The van der Waals surface area contributed by atoms with E-state index in [0.717, 1.165) is 26.2 Å². The number of hydrogen-bond acceptors (Lipinski definition) is 3. The SMILES string of the molecule is Cl.NCC1CCN(CCOc2c(Cl)cccc2Cl)C1. The number of nitrogens with two attached hydrogens (primary N) is 1. The van der Waals surface area contributed by atoms with Crippen molar-refractivity contribution in [1.82, 2.24) is 4.90 Å². The van der Waals surface area contributed by atoms with Crippen LogP contribution in [-0.4, -0.2) is 37.7 Å². The lowest BCUT2D eigenvalue weighted by Gasteiger charge is -2.16. The van der Waals surface area contributed by atoms with Gasteiger partial charge in [0.2, 0.25) is 0 Å². The van der Waals surface area contributed by atoms with Gasteiger partial charge in [-0.25, -0.2) is 0 Å². The van der Waals surface area contributed by atoms with Gasteiger partial charge in [-0.05, 0) is 37.6 Å². The summed E-state index contributed by atoms with van der Waals surface area (Å²) in [6, 6.07) is 5.37. The molecular formula is C13H19Cl3N2O. The number of para-hydroxylation sites is 1. The van der Waals surface area contributed by atoms with E-state index in [-0.39, 0.29) is 12.4 Å². The Balaban J connectivity index is 0.00000180. The Hall–Kier alpha value is -0.190. The monoisotopic (exact) mass is 324 g/mol. The largest absolute Gasteiger partial charge is 0.489 e. The second kappa shape index (κ2) is 8.18. The van der Waals surface area contributed by atoms with Gasteiger partial charge < -0.3 is 10.5 Å². The first kappa shape index (κ1) is 16.9. The average Bonchev–Trinajstić information content (AvgIpc) is 2.81. The van der Waals surface area contributed by atoms with Crippen molar-refractivity contribution >= 4 is 35.6 Å². The summed E-state index contributed by atoms with van der Waals surface area (Å²) in [6.07, 6.45) is 1.18. The molecule has 0 radical (unpaired) electrons. The van der Waals surface area contributed by atoms with Crippen LogP contribution in [0.5, 0.6) is 5.75 Å². The zero-order valence-corrected chi connectivity index (χ0v) is 13.0. The van der Waals surface area contributed by atoms with Gasteiger partial charge in [-0.2, -0.15) is 0 Å². The highest BCUT2D eigenvalue weighted by Crippen LogP contribution is 2.32. The highest BCUT2D eigenvalue weighted by molar-refractivity contribution is 6.37. The topological polar surface area (TPSA) is 38.5 Å². The van der Waals surface area contributed by atoms with Crippen LogP contribution in [0.25, 0.3) is 0 Å². The molecule has 1 atom stereocenters. The average molecular weight is 326 g/mol. The first-order valence-corrected chi connectivity index (χ1v) is 6.95. The van der Waals surface area contributed by atoms with Crippen molar-refractivity contribution in [2.75, 3.05) is 32.8 Å². The minimum atomic E-state index is 0. The van der Waals surface area contributed by atoms with Crippen LogP contribution < -0.4 is 10.5 Å². The van der Waals surface area contributed by atoms with Crippen LogP contribution in [0.15, 0.2) is 18.2 Å². The molecule has 0 spiro atoms. The molecule has 0 aliphatic carbocycles. The number of ether oxygens (including phenoxy) is 1. The lowest BCUT2D eigenvalue weighted by atomic mass is 10.1. The van der Waals surface area contributed by atoms with Crippen LogP contribution in [0, 0.1) is 5.92 Å². The summed E-state index contributed by atoms with van der Waals surface area (Å²) in [6.45, 7) is 4.42. The molecule has 0 amide bonds. The second-order valence-corrected chi connectivity index (χ2v) is 5.40. The highest BCUT2D eigenvalue weighted by atomic mass is 35.5. The molecule has 2 N–H and O–H groups in total. The summed E-state index contributed by atoms with van der Waals surface area (Å²) in [7, 11) is 0. The molecule has 1 fully saturated rings. The first-order chi connectivity index (χ1) is 8.70. The van der Waals surface area contributed by atoms with E-state index in [0.29, 0.717) is 28.3 Å². The van der Waals surface area contributed by atoms with E-state index in [4.69, 9.17) is 33.7 Å². The van der Waals surface area contributed by atoms with Crippen molar-refractivity contribution in [3.8, 4) is 5.75 Å². The van der Waals surface area contributed by atoms with E-state index in [1.165, 1.54) is 6.42 Å². The molecule has 3 nitrogen and oxygen atoms in total. The third-order valence-electron chi connectivity index (χ3n) is 3.28. The second-order valence-electron chi connectivity index (χ2n) is 4.59. The maximum atomic E-state index is 6.03. The van der Waals surface area contributed by atoms with Gasteiger partial charge in [0.25, 0.3) is 0 Å². The summed E-state index contributed by atoms with van der Waals surface area (Å²) in [5.41, 5.74) is 5.66. The summed E-state index contributed by atoms with van der Waals surface area (Å²) in [5.74, 6) is 1.21. The molecule has 1 unspecified atom stereocenters. The molecule has 1 aliphatic rings. The van der Waals surface area contributed by atoms with Gasteiger partial charge >= 0.3 is 0 Å². The van der Waals surface area contributed by atoms with Crippen molar-refractivity contribution < 1.29 is 4.74 Å². The van der Waals surface area contributed by atoms with E-state index in [1.54, 1.807) is 12.1 Å². The van der Waals surface area contributed by atoms with Crippen molar-refractivity contribution in [2.24, 2.45) is 11.7 Å². The molecule has 0 bridgehead atoms. The predicted octanol–water partition coefficient (Wildman–Crippen LogP) is 3.07. The van der Waals surface area contributed by atoms with Crippen LogP contribution in [-0.2, 0) is 0 Å². The molecule has 1 aromatic rings. The van der Waals surface area contributed by atoms with Crippen molar-refractivity contribution in [2.45, 2.75) is 6.42 Å². The maximum Gasteiger partial charge on any atom is 0.156 e. The molecule has 1 saturated heterocycles. The number of rotatable bonds is 5. The van der Waals surface area contributed by atoms with E-state index in [9.17, 15) is 0 Å². The fourth-order valence-electron chi connectivity index (χ4n) is 2.21. The van der Waals surface area contributed by atoms with Gasteiger partial charge in [-0.15, -0.1) is 12.4 Å². The highest BCUT2D eigenvalue weighted by Gasteiger charge is 2.20. The Labute approximate surface area is 130 Å². The third-order valence-corrected chi connectivity index (χ3v) is 3.87. The number of halogens is 3. The summed E-state index contributed by atoms with van der Waals surface area (Å²) in [5, 5.41) is 1.12. The normalized spacial score (nSPS) is 19.2. The molecule has 1 heterocycles. The van der Waals surface area contributed by atoms with Crippen LogP contribution in [0.1, 0.15) is 6.42 Å². The lowest BCUT2D eigenvalue weighted by Crippen LogP contribution is -2.27. The predicted molar refractivity (Wildman–Crippen MR) is 82.8 cm³/mol. The summed E-state index contributed by atoms with van der Waals surface area (Å²) < 4.78 is 5.66. The molecule has 2 rings (SSSR count). The lowest BCUT2D eigenvalue weighted by molar-refractivity contribution is 0.233. The molecule has 0 saturated carbocycles. The van der Waals surface area contributed by atoms with Gasteiger partial charge in [-0.1, -0.05) is 29.3 Å². The Morgan fingerprint density at radius 3 is 2.58 bits per heavy atom. The Morgan fingerprint density at radius 1 is 1.32 bits per heavy atom. The molecule has 1 aliphatic heterocycles. The van der Waals surface area contributed by atoms with Gasteiger partial charge in [0, 0.05) is 13.1 Å². The van der Waals surface area contributed by atoms with Crippen molar-refractivity contribution in [3.05, 3.63) is 28.2 Å². The van der Waals surface area contributed by atoms with Crippen LogP contribution in [0.4, 0.5) is 0 Å². The van der Waals surface area contributed by atoms with Gasteiger partial charge in [0.05, 0.1) is 10.0 Å². The van der Waals surface area contributed by atoms with Gasteiger partial charge in [-0.3, -0.25) is 4.90 Å². The maximum absolute atomic E-state index is 6.03. The van der Waals surface area contributed by atoms with E-state index >= 15 is 0 Å². The molecule has 0 aromatic heterocycles. The van der Waals surface area contributed by atoms with Crippen LogP contribution in [0.3, 0.4) is 0 Å². The molecular weight excluding hydrogens is 307 g/mol. The summed E-state index contributed by atoms with van der Waals surface area (Å²) >= 11 is 12.1. The first-order valence-electron chi connectivity index (χ1n) is 6.20. The summed E-state index contributed by atoms with van der Waals surface area (Å²) in [4.78, 5) is 2.36. The van der Waals surface area contributed by atoms with E-state index in [2.05, 4.69) is 4.90 Å². The fraction of sp³-hybridized carbons (Fsp3) is 0.538. The van der Waals surface area contributed by atoms with Crippen molar-refractivity contribution in [1.29, 1.82) is 0 Å². The number of benzene rings is 1. The van der Waals surface area contributed by atoms with Gasteiger partial charge in [0.15, 0.2) is 5.75 Å². The molecule has 1 aromatic carbocycles. The Kier molecular flexibility index (Phi) is 7.26. The van der Waals surface area contributed by atoms with E-state index in [1.807, 2.05) is 6.07 Å².